The third kappa shape index (κ3) is 4.85. The van der Waals surface area contributed by atoms with Crippen LogP contribution in [0.15, 0.2) is 24.3 Å². The summed E-state index contributed by atoms with van der Waals surface area (Å²) >= 11 is 0. The average Bonchev–Trinajstić information content (AvgIpc) is 3.76. The Morgan fingerprint density at radius 1 is 0.706 bits per heavy atom. The quantitative estimate of drug-likeness (QED) is 0.330. The molecule has 4 aliphatic heterocycles. The first-order valence-corrected chi connectivity index (χ1v) is 19.8. The maximum absolute atomic E-state index is 14.7. The van der Waals surface area contributed by atoms with Gasteiger partial charge in [-0.05, 0) is 82.5 Å². The number of allylic oxidation sites excluding steroid dienone is 2. The van der Waals surface area contributed by atoms with E-state index in [1.54, 1.807) is 0 Å². The lowest BCUT2D eigenvalue weighted by Crippen LogP contribution is -2.63. The van der Waals surface area contributed by atoms with E-state index in [0.29, 0.717) is 90.6 Å². The molecule has 9 nitrogen and oxygen atoms in total. The molecule has 9 aliphatic rings. The molecule has 4 saturated heterocycles. The van der Waals surface area contributed by atoms with Gasteiger partial charge in [-0.3, -0.25) is 14.4 Å². The molecule has 5 aliphatic carbocycles. The Bertz CT molecular complexity index is 1510. The van der Waals surface area contributed by atoms with Crippen LogP contribution in [0, 0.1) is 52.8 Å². The van der Waals surface area contributed by atoms with E-state index in [1.165, 1.54) is 0 Å². The molecule has 0 aromatic rings. The van der Waals surface area contributed by atoms with Crippen molar-refractivity contribution < 1.29 is 42.9 Å². The number of carbonyl (C=O) groups is 3. The normalized spacial score (nSPS) is 49.3. The Morgan fingerprint density at radius 2 is 1.20 bits per heavy atom. The van der Waals surface area contributed by atoms with Gasteiger partial charge in [0, 0.05) is 69.4 Å². The lowest BCUT2D eigenvalue weighted by molar-refractivity contribution is -0.205. The van der Waals surface area contributed by atoms with Crippen LogP contribution in [0.5, 0.6) is 0 Å². The molecule has 0 aromatic carbocycles. The summed E-state index contributed by atoms with van der Waals surface area (Å²) in [6, 6.07) is 0. The van der Waals surface area contributed by atoms with Gasteiger partial charge in [0.05, 0.1) is 17.3 Å². The summed E-state index contributed by atoms with van der Waals surface area (Å²) in [6.07, 6.45) is 2.32. The van der Waals surface area contributed by atoms with Gasteiger partial charge in [-0.25, -0.2) is 8.78 Å². The van der Waals surface area contributed by atoms with Gasteiger partial charge in [-0.15, -0.1) is 0 Å². The number of rotatable bonds is 4. The van der Waals surface area contributed by atoms with Gasteiger partial charge in [-0.2, -0.15) is 0 Å². The SMILES string of the molecule is C=C1CC[C@H]2C(CN3CCC(F)CC3)C(=O)O[C@@H]2[C@@H]2[C@H]1C[C@@]1(O)[C@]2(O)CC[C@]12C(=O)C[C@H]1C(=C)CC[C@H]3C(CN4CCC(F)CC4)C(=O)O[C@@H]3[C@H]12. The lowest BCUT2D eigenvalue weighted by Gasteiger charge is -2.48. The highest BCUT2D eigenvalue weighted by atomic mass is 19.1. The predicted octanol–water partition coefficient (Wildman–Crippen LogP) is 3.95. The van der Waals surface area contributed by atoms with E-state index in [4.69, 9.17) is 9.47 Å². The summed E-state index contributed by atoms with van der Waals surface area (Å²) in [5, 5.41) is 26.4. The first-order valence-electron chi connectivity index (χ1n) is 19.8. The number of piperidine rings is 2. The third-order valence-corrected chi connectivity index (χ3v) is 16.0. The summed E-state index contributed by atoms with van der Waals surface area (Å²) in [4.78, 5) is 46.4. The Hall–Kier alpha value is -2.21. The number of nitrogens with zero attached hydrogens (tertiary/aromatic N) is 2. The highest BCUT2D eigenvalue weighted by Gasteiger charge is 2.83. The fourth-order valence-electron chi connectivity index (χ4n) is 13.5. The minimum Gasteiger partial charge on any atom is -0.461 e. The van der Waals surface area contributed by atoms with Crippen LogP contribution < -0.4 is 0 Å². The highest BCUT2D eigenvalue weighted by Crippen LogP contribution is 2.74. The van der Waals surface area contributed by atoms with Crippen molar-refractivity contribution in [3.05, 3.63) is 24.3 Å². The fourth-order valence-corrected chi connectivity index (χ4v) is 13.5. The molecule has 0 aromatic heterocycles. The highest BCUT2D eigenvalue weighted by molar-refractivity contribution is 5.91. The number of ketones is 1. The number of esters is 2. The van der Waals surface area contributed by atoms with Crippen LogP contribution in [0.2, 0.25) is 0 Å². The summed E-state index contributed by atoms with van der Waals surface area (Å²) in [6.45, 7) is 12.2. The van der Waals surface area contributed by atoms with Crippen LogP contribution in [0.4, 0.5) is 8.78 Å². The van der Waals surface area contributed by atoms with Crippen LogP contribution in [0.3, 0.4) is 0 Å². The number of alkyl halides is 2. The second-order valence-electron chi connectivity index (χ2n) is 18.0. The van der Waals surface area contributed by atoms with Crippen LogP contribution in [-0.2, 0) is 23.9 Å². The van der Waals surface area contributed by atoms with E-state index in [0.717, 1.165) is 11.1 Å². The van der Waals surface area contributed by atoms with Crippen LogP contribution in [0.1, 0.15) is 77.0 Å². The molecule has 11 heteroatoms. The van der Waals surface area contributed by atoms with E-state index in [-0.39, 0.29) is 67.1 Å². The van der Waals surface area contributed by atoms with Crippen LogP contribution in [0.25, 0.3) is 0 Å². The van der Waals surface area contributed by atoms with Gasteiger partial charge in [0.15, 0.2) is 0 Å². The molecule has 2 unspecified atom stereocenters. The smallest absolute Gasteiger partial charge is 0.310 e. The number of fused-ring (bicyclic) bond motifs is 10. The van der Waals surface area contributed by atoms with E-state index in [9.17, 15) is 33.4 Å². The molecule has 0 bridgehead atoms. The van der Waals surface area contributed by atoms with Crippen molar-refractivity contribution in [2.45, 2.75) is 113 Å². The molecule has 9 rings (SSSR count). The zero-order chi connectivity index (χ0) is 35.6. The fraction of sp³-hybridized carbons (Fsp3) is 0.825. The zero-order valence-corrected chi connectivity index (χ0v) is 29.7. The molecular weight excluding hydrogens is 658 g/mol. The van der Waals surface area contributed by atoms with Crippen molar-refractivity contribution in [2.24, 2.45) is 52.8 Å². The molecule has 280 valence electrons. The number of carbonyl (C=O) groups excluding carboxylic acids is 3. The largest absolute Gasteiger partial charge is 0.461 e. The molecule has 1 spiro atoms. The van der Waals surface area contributed by atoms with E-state index >= 15 is 0 Å². The maximum Gasteiger partial charge on any atom is 0.310 e. The van der Waals surface area contributed by atoms with Gasteiger partial charge in [-0.1, -0.05) is 24.3 Å². The Morgan fingerprint density at radius 3 is 1.73 bits per heavy atom. The van der Waals surface area contributed by atoms with Crippen molar-refractivity contribution >= 4 is 17.7 Å². The number of Topliss-reactive ketones (excluding diaryl/α,β-unsaturated/α-hetero) is 1. The van der Waals surface area contributed by atoms with Gasteiger partial charge in [0.1, 0.15) is 41.5 Å². The van der Waals surface area contributed by atoms with Crippen LogP contribution >= 0.6 is 0 Å². The Labute approximate surface area is 299 Å². The van der Waals surface area contributed by atoms with Crippen molar-refractivity contribution in [3.63, 3.8) is 0 Å². The monoisotopic (exact) mass is 712 g/mol. The minimum absolute atomic E-state index is 0.0987. The topological polar surface area (TPSA) is 117 Å². The first-order chi connectivity index (χ1) is 24.4. The van der Waals surface area contributed by atoms with Crippen molar-refractivity contribution in [1.29, 1.82) is 0 Å². The number of hydrogen-bond acceptors (Lipinski definition) is 9. The molecule has 5 saturated carbocycles. The summed E-state index contributed by atoms with van der Waals surface area (Å²) in [5.74, 6) is -3.68. The molecule has 51 heavy (non-hydrogen) atoms. The number of hydrogen-bond donors (Lipinski definition) is 2. The Balaban J connectivity index is 1.05. The number of likely N-dealkylation sites (tertiary alicyclic amines) is 2. The Kier molecular flexibility index (Phi) is 8.23. The molecule has 13 atom stereocenters. The molecule has 9 fully saturated rings. The van der Waals surface area contributed by atoms with Crippen LogP contribution in [-0.4, -0.2) is 113 Å². The number of ether oxygens (including phenoxy) is 2. The summed E-state index contributed by atoms with van der Waals surface area (Å²) in [7, 11) is 0. The van der Waals surface area contributed by atoms with E-state index in [2.05, 4.69) is 23.0 Å². The molecule has 0 radical (unpaired) electrons. The number of aliphatic hydroxyl groups is 2. The average molecular weight is 713 g/mol. The van der Waals surface area contributed by atoms with E-state index in [1.807, 2.05) is 0 Å². The summed E-state index contributed by atoms with van der Waals surface area (Å²) < 4.78 is 40.5. The molecule has 2 N–H and O–H groups in total. The predicted molar refractivity (Wildman–Crippen MR) is 181 cm³/mol. The van der Waals surface area contributed by atoms with Crippen molar-refractivity contribution in [3.8, 4) is 0 Å². The maximum atomic E-state index is 14.7. The lowest BCUT2D eigenvalue weighted by atomic mass is 9.59. The first kappa shape index (κ1) is 34.6. The second-order valence-corrected chi connectivity index (χ2v) is 18.0. The third-order valence-electron chi connectivity index (χ3n) is 16.0. The van der Waals surface area contributed by atoms with Crippen molar-refractivity contribution in [2.75, 3.05) is 39.3 Å². The standard InChI is InChI=1S/C40H54F2N2O7/c1-21-3-5-25-29(19-43-13-7-23(41)8-14-43)36(46)50-34(25)32-27(21)17-31(45)38(32)11-12-39(48)33-28(18-40(38,39)49)22(2)4-6-26-30(37(47)51-35(26)33)20-44-15-9-24(42)10-16-44/h23-30,32-35,48-49H,1-20H2/t25-,26-,27-,28-,29?,30?,32-,33-,34-,35-,38+,39-,40-/m0/s1. The van der Waals surface area contributed by atoms with Crippen molar-refractivity contribution in [1.82, 2.24) is 9.80 Å². The van der Waals surface area contributed by atoms with Gasteiger partial charge in [0.2, 0.25) is 0 Å². The van der Waals surface area contributed by atoms with Gasteiger partial charge in [0.25, 0.3) is 0 Å². The van der Waals surface area contributed by atoms with E-state index < -0.39 is 64.8 Å². The molecule has 4 heterocycles. The minimum atomic E-state index is -1.84. The summed E-state index contributed by atoms with van der Waals surface area (Å²) in [5.41, 5.74) is -3.07. The van der Waals surface area contributed by atoms with Gasteiger partial charge < -0.3 is 29.5 Å². The zero-order valence-electron chi connectivity index (χ0n) is 29.7. The molecular formula is C40H54F2N2O7. The second kappa shape index (κ2) is 12.2. The number of halogens is 2. The molecule has 0 amide bonds. The van der Waals surface area contributed by atoms with Gasteiger partial charge >= 0.3 is 11.9 Å².